The monoisotopic (exact) mass is 242 g/mol. The van der Waals surface area contributed by atoms with Gasteiger partial charge in [0.15, 0.2) is 0 Å². The molecule has 1 N–H and O–H groups in total. The van der Waals surface area contributed by atoms with Crippen LogP contribution in [0.25, 0.3) is 5.57 Å². The predicted molar refractivity (Wildman–Crippen MR) is 66.5 cm³/mol. The minimum Gasteiger partial charge on any atom is -0.512 e. The summed E-state index contributed by atoms with van der Waals surface area (Å²) in [6.45, 7) is 5.35. The Bertz CT molecular complexity index is 388. The molecule has 3 heteroatoms. The molecule has 0 aliphatic heterocycles. The van der Waals surface area contributed by atoms with E-state index in [1.807, 2.05) is 0 Å². The normalized spacial score (nSPS) is 12.2. The van der Waals surface area contributed by atoms with Crippen LogP contribution in [0.2, 0.25) is 10.0 Å². The highest BCUT2D eigenvalue weighted by atomic mass is 35.5. The average Bonchev–Trinajstić information content (AvgIpc) is 2.17. The van der Waals surface area contributed by atoms with E-state index in [9.17, 15) is 5.11 Å². The SMILES string of the molecule is C=CC/C(O)=C(\C)c1c(Cl)cccc1Cl. The van der Waals surface area contributed by atoms with Crippen molar-refractivity contribution in [1.82, 2.24) is 0 Å². The lowest BCUT2D eigenvalue weighted by Crippen LogP contribution is -1.89. The zero-order valence-electron chi connectivity index (χ0n) is 8.43. The summed E-state index contributed by atoms with van der Waals surface area (Å²) in [5.41, 5.74) is 1.37. The molecule has 1 nitrogen and oxygen atoms in total. The molecule has 0 unspecified atom stereocenters. The summed E-state index contributed by atoms with van der Waals surface area (Å²) in [5.74, 6) is 0.236. The summed E-state index contributed by atoms with van der Waals surface area (Å²) in [6.07, 6.45) is 2.04. The van der Waals surface area contributed by atoms with Crippen molar-refractivity contribution in [3.8, 4) is 0 Å². The first-order chi connectivity index (χ1) is 7.07. The van der Waals surface area contributed by atoms with Gasteiger partial charge in [-0.15, -0.1) is 6.58 Å². The Kier molecular flexibility index (Phi) is 4.25. The Morgan fingerprint density at radius 2 is 1.93 bits per heavy atom. The third-order valence-corrected chi connectivity index (χ3v) is 2.74. The van der Waals surface area contributed by atoms with E-state index < -0.39 is 0 Å². The molecule has 0 saturated carbocycles. The fourth-order valence-electron chi connectivity index (χ4n) is 1.29. The minimum absolute atomic E-state index is 0.236. The average molecular weight is 243 g/mol. The quantitative estimate of drug-likeness (QED) is 0.593. The van der Waals surface area contributed by atoms with Crippen molar-refractivity contribution in [1.29, 1.82) is 0 Å². The Hall–Kier alpha value is -0.920. The molecule has 1 rings (SSSR count). The summed E-state index contributed by atoms with van der Waals surface area (Å²) in [5, 5.41) is 10.8. The molecule has 0 aliphatic carbocycles. The van der Waals surface area contributed by atoms with Gasteiger partial charge in [0, 0.05) is 22.0 Å². The molecule has 0 saturated heterocycles. The van der Waals surface area contributed by atoms with E-state index in [1.165, 1.54) is 0 Å². The lowest BCUT2D eigenvalue weighted by atomic mass is 10.0. The fourth-order valence-corrected chi connectivity index (χ4v) is 1.97. The van der Waals surface area contributed by atoms with Crippen LogP contribution in [0, 0.1) is 0 Å². The zero-order valence-corrected chi connectivity index (χ0v) is 9.94. The van der Waals surface area contributed by atoms with E-state index in [4.69, 9.17) is 23.2 Å². The minimum atomic E-state index is 0.236. The van der Waals surface area contributed by atoms with E-state index in [2.05, 4.69) is 6.58 Å². The first-order valence-electron chi connectivity index (χ1n) is 4.52. The lowest BCUT2D eigenvalue weighted by Gasteiger charge is -2.09. The van der Waals surface area contributed by atoms with Crippen LogP contribution in [-0.2, 0) is 0 Å². The van der Waals surface area contributed by atoms with Gasteiger partial charge in [-0.1, -0.05) is 35.3 Å². The smallest absolute Gasteiger partial charge is 0.0996 e. The second kappa shape index (κ2) is 5.24. The molecule has 0 aromatic heterocycles. The largest absolute Gasteiger partial charge is 0.512 e. The zero-order chi connectivity index (χ0) is 11.4. The number of halogens is 2. The molecule has 0 atom stereocenters. The molecule has 0 bridgehead atoms. The van der Waals surface area contributed by atoms with Gasteiger partial charge in [0.2, 0.25) is 0 Å². The molecule has 0 fully saturated rings. The second-order valence-corrected chi connectivity index (χ2v) is 3.98. The van der Waals surface area contributed by atoms with Crippen LogP contribution in [0.1, 0.15) is 18.9 Å². The number of benzene rings is 1. The molecular weight excluding hydrogens is 231 g/mol. The maximum atomic E-state index is 9.71. The Morgan fingerprint density at radius 1 is 1.40 bits per heavy atom. The fraction of sp³-hybridized carbons (Fsp3) is 0.167. The van der Waals surface area contributed by atoms with Gasteiger partial charge in [-0.3, -0.25) is 0 Å². The van der Waals surface area contributed by atoms with Crippen molar-refractivity contribution in [2.24, 2.45) is 0 Å². The maximum absolute atomic E-state index is 9.71. The van der Waals surface area contributed by atoms with Gasteiger partial charge in [-0.25, -0.2) is 0 Å². The third kappa shape index (κ3) is 2.77. The summed E-state index contributed by atoms with van der Waals surface area (Å²) in [7, 11) is 0. The van der Waals surface area contributed by atoms with Crippen LogP contribution in [0.4, 0.5) is 0 Å². The van der Waals surface area contributed by atoms with Crippen LogP contribution >= 0.6 is 23.2 Å². The van der Waals surface area contributed by atoms with Crippen molar-refractivity contribution >= 4 is 28.8 Å². The number of allylic oxidation sites excluding steroid dienone is 2. The standard InChI is InChI=1S/C12H12Cl2O/c1-3-5-11(15)8(2)12-9(13)6-4-7-10(12)14/h3-4,6-7,15H,1,5H2,2H3/b11-8-. The van der Waals surface area contributed by atoms with Gasteiger partial charge in [-0.05, 0) is 24.6 Å². The van der Waals surface area contributed by atoms with Crippen molar-refractivity contribution in [3.63, 3.8) is 0 Å². The Morgan fingerprint density at radius 3 is 2.40 bits per heavy atom. The summed E-state index contributed by atoms with van der Waals surface area (Å²) >= 11 is 12.0. The lowest BCUT2D eigenvalue weighted by molar-refractivity contribution is 0.404. The molecule has 1 aromatic rings. The maximum Gasteiger partial charge on any atom is 0.0996 e. The predicted octanol–water partition coefficient (Wildman–Crippen LogP) is 4.86. The van der Waals surface area contributed by atoms with Gasteiger partial charge < -0.3 is 5.11 Å². The van der Waals surface area contributed by atoms with E-state index in [0.29, 0.717) is 27.6 Å². The molecule has 1 aromatic carbocycles. The molecule has 0 aliphatic rings. The second-order valence-electron chi connectivity index (χ2n) is 3.16. The van der Waals surface area contributed by atoms with Crippen molar-refractivity contribution in [2.75, 3.05) is 0 Å². The molecular formula is C12H12Cl2O. The van der Waals surface area contributed by atoms with Crippen LogP contribution in [0.15, 0.2) is 36.6 Å². The van der Waals surface area contributed by atoms with Crippen LogP contribution in [-0.4, -0.2) is 5.11 Å². The van der Waals surface area contributed by atoms with E-state index in [0.717, 1.165) is 0 Å². The first-order valence-corrected chi connectivity index (χ1v) is 5.27. The first kappa shape index (κ1) is 12.2. The van der Waals surface area contributed by atoms with Crippen LogP contribution in [0.5, 0.6) is 0 Å². The number of aliphatic hydroxyl groups excluding tert-OH is 1. The van der Waals surface area contributed by atoms with Gasteiger partial charge in [0.05, 0.1) is 5.76 Å². The van der Waals surface area contributed by atoms with Crippen molar-refractivity contribution in [3.05, 3.63) is 52.2 Å². The van der Waals surface area contributed by atoms with E-state index >= 15 is 0 Å². The molecule has 0 spiro atoms. The number of hydrogen-bond acceptors (Lipinski definition) is 1. The van der Waals surface area contributed by atoms with E-state index in [-0.39, 0.29) is 5.76 Å². The highest BCUT2D eigenvalue weighted by molar-refractivity contribution is 6.37. The number of rotatable bonds is 3. The third-order valence-electron chi connectivity index (χ3n) is 2.11. The summed E-state index contributed by atoms with van der Waals surface area (Å²) in [4.78, 5) is 0. The molecule has 0 heterocycles. The highest BCUT2D eigenvalue weighted by Crippen LogP contribution is 2.32. The van der Waals surface area contributed by atoms with Crippen molar-refractivity contribution < 1.29 is 5.11 Å². The molecule has 80 valence electrons. The Labute approximate surface area is 99.6 Å². The molecule has 0 radical (unpaired) electrons. The topological polar surface area (TPSA) is 20.2 Å². The number of aliphatic hydroxyl groups is 1. The summed E-state index contributed by atoms with van der Waals surface area (Å²) in [6, 6.07) is 5.26. The summed E-state index contributed by atoms with van der Waals surface area (Å²) < 4.78 is 0. The van der Waals surface area contributed by atoms with Gasteiger partial charge >= 0.3 is 0 Å². The van der Waals surface area contributed by atoms with Crippen LogP contribution in [0.3, 0.4) is 0 Å². The highest BCUT2D eigenvalue weighted by Gasteiger charge is 2.10. The van der Waals surface area contributed by atoms with Gasteiger partial charge in [0.25, 0.3) is 0 Å². The molecule has 0 amide bonds. The van der Waals surface area contributed by atoms with Crippen LogP contribution < -0.4 is 0 Å². The molecule has 15 heavy (non-hydrogen) atoms. The van der Waals surface area contributed by atoms with Gasteiger partial charge in [-0.2, -0.15) is 0 Å². The Balaban J connectivity index is 3.27. The number of hydrogen-bond donors (Lipinski definition) is 1. The van der Waals surface area contributed by atoms with Crippen molar-refractivity contribution in [2.45, 2.75) is 13.3 Å². The van der Waals surface area contributed by atoms with E-state index in [1.54, 1.807) is 31.2 Å². The van der Waals surface area contributed by atoms with Gasteiger partial charge in [0.1, 0.15) is 0 Å².